The molecule has 0 radical (unpaired) electrons. The number of benzene rings is 4. The Balaban J connectivity index is 0.946. The first-order chi connectivity index (χ1) is 29.0. The third-order valence-electron chi connectivity index (χ3n) is 11.4. The van der Waals surface area contributed by atoms with E-state index in [1.54, 1.807) is 47.6 Å². The quantitative estimate of drug-likeness (QED) is 0.102. The molecular formula is C45H42F3N7O5. The highest BCUT2D eigenvalue weighted by atomic mass is 19.4. The number of amides is 3. The summed E-state index contributed by atoms with van der Waals surface area (Å²) in [5, 5.41) is 11.9. The number of carboxylic acid groups (broad SMARTS) is 1. The topological polar surface area (TPSA) is 157 Å². The maximum atomic E-state index is 14.7. The van der Waals surface area contributed by atoms with Crippen molar-refractivity contribution in [1.82, 2.24) is 35.1 Å². The molecule has 6 aromatic rings. The molecule has 4 aromatic carbocycles. The summed E-state index contributed by atoms with van der Waals surface area (Å²) in [6.07, 6.45) is -0.533. The molecule has 8 rings (SSSR count). The van der Waals surface area contributed by atoms with E-state index in [2.05, 4.69) is 25.3 Å². The standard InChI is InChI=1S/C45H42F3N7O5/c1-60-44(45(46,47)48,33-12-6-3-7-13-33)42(57)55-25-9-15-37(55)40-50-27-35(52-40)31-22-18-29(19-23-31)28-16-20-30(21-17-28)34-26-49-39(51-34)36-14-8-24-54(36)41(56)38(53-43(58)59)32-10-4-2-5-11-32/h2-7,10-13,16-23,26-27,36-38,53H,8-9,14-15,24-25H2,1H3,(H,49,51)(H,50,52)(H,58,59)/t36-,37-,38+,44-/m0/s1. The molecular weight excluding hydrogens is 776 g/mol. The largest absolute Gasteiger partial charge is 0.465 e. The summed E-state index contributed by atoms with van der Waals surface area (Å²) < 4.78 is 49.3. The van der Waals surface area contributed by atoms with Gasteiger partial charge in [0.1, 0.15) is 17.7 Å². The summed E-state index contributed by atoms with van der Waals surface area (Å²) >= 11 is 0. The molecule has 4 atom stereocenters. The van der Waals surface area contributed by atoms with Gasteiger partial charge in [-0.25, -0.2) is 14.8 Å². The fourth-order valence-electron chi connectivity index (χ4n) is 8.43. The number of likely N-dealkylation sites (tertiary alicyclic amines) is 2. The van der Waals surface area contributed by atoms with Gasteiger partial charge < -0.3 is 34.9 Å². The number of aromatic nitrogens is 4. The van der Waals surface area contributed by atoms with E-state index in [1.165, 1.54) is 29.2 Å². The molecule has 2 aliphatic rings. The van der Waals surface area contributed by atoms with Gasteiger partial charge in [-0.15, -0.1) is 0 Å². The number of halogens is 3. The van der Waals surface area contributed by atoms with Gasteiger partial charge in [0.15, 0.2) is 0 Å². The van der Waals surface area contributed by atoms with Gasteiger partial charge >= 0.3 is 12.3 Å². The van der Waals surface area contributed by atoms with Crippen LogP contribution in [0.4, 0.5) is 18.0 Å². The van der Waals surface area contributed by atoms with Gasteiger partial charge in [0.05, 0.1) is 35.9 Å². The molecule has 0 spiro atoms. The van der Waals surface area contributed by atoms with Crippen LogP contribution < -0.4 is 5.32 Å². The average molecular weight is 818 g/mol. The molecule has 2 aliphatic heterocycles. The van der Waals surface area contributed by atoms with Crippen LogP contribution >= 0.6 is 0 Å². The van der Waals surface area contributed by atoms with Gasteiger partial charge in [-0.3, -0.25) is 9.59 Å². The van der Waals surface area contributed by atoms with E-state index in [-0.39, 0.29) is 24.1 Å². The normalized spacial score (nSPS) is 18.3. The minimum absolute atomic E-state index is 0.131. The lowest BCUT2D eigenvalue weighted by atomic mass is 9.90. The summed E-state index contributed by atoms with van der Waals surface area (Å²) in [7, 11) is 0.909. The lowest BCUT2D eigenvalue weighted by Crippen LogP contribution is -2.56. The second kappa shape index (κ2) is 16.5. The predicted molar refractivity (Wildman–Crippen MR) is 216 cm³/mol. The van der Waals surface area contributed by atoms with Crippen molar-refractivity contribution in [2.45, 2.75) is 55.6 Å². The first kappa shape index (κ1) is 40.1. The van der Waals surface area contributed by atoms with Crippen LogP contribution in [0, 0.1) is 0 Å². The van der Waals surface area contributed by atoms with Crippen LogP contribution in [-0.2, 0) is 19.9 Å². The van der Waals surface area contributed by atoms with E-state index >= 15 is 0 Å². The number of imidazole rings is 2. The number of H-pyrrole nitrogens is 2. The Bertz CT molecular complexity index is 2460. The van der Waals surface area contributed by atoms with Gasteiger partial charge in [-0.05, 0) is 53.5 Å². The van der Waals surface area contributed by atoms with Gasteiger partial charge in [0.2, 0.25) is 0 Å². The molecule has 308 valence electrons. The molecule has 4 N–H and O–H groups in total. The van der Waals surface area contributed by atoms with Crippen LogP contribution in [0.15, 0.2) is 122 Å². The van der Waals surface area contributed by atoms with Gasteiger partial charge in [0, 0.05) is 25.8 Å². The molecule has 60 heavy (non-hydrogen) atoms. The van der Waals surface area contributed by atoms with Crippen molar-refractivity contribution in [2.75, 3.05) is 20.2 Å². The Kier molecular flexibility index (Phi) is 11.0. The SMILES string of the molecule is CO[C@](C(=O)N1CCC[C@H]1c1ncc(-c2ccc(-c3ccc(-c4cnc([C@@H]5CCCN5C(=O)[C@H](NC(=O)O)c5ccccc5)[nH]4)cc3)cc2)[nH]1)(c1ccccc1)C(F)(F)F. The Labute approximate surface area is 343 Å². The number of carbonyl (C=O) groups is 3. The highest BCUT2D eigenvalue weighted by Crippen LogP contribution is 2.46. The minimum Gasteiger partial charge on any atom is -0.465 e. The van der Waals surface area contributed by atoms with Crippen LogP contribution in [0.1, 0.15) is 66.6 Å². The highest BCUT2D eigenvalue weighted by molar-refractivity contribution is 5.89. The minimum atomic E-state index is -5.01. The fraction of sp³-hybridized carbons (Fsp3) is 0.267. The fourth-order valence-corrected chi connectivity index (χ4v) is 8.43. The van der Waals surface area contributed by atoms with Gasteiger partial charge in [0.25, 0.3) is 17.4 Å². The molecule has 15 heteroatoms. The van der Waals surface area contributed by atoms with Crippen LogP contribution in [0.3, 0.4) is 0 Å². The van der Waals surface area contributed by atoms with Crippen LogP contribution in [0.2, 0.25) is 0 Å². The third-order valence-corrected chi connectivity index (χ3v) is 11.4. The number of carbonyl (C=O) groups excluding carboxylic acids is 2. The van der Waals surface area contributed by atoms with E-state index in [0.29, 0.717) is 48.7 Å². The molecule has 12 nitrogen and oxygen atoms in total. The lowest BCUT2D eigenvalue weighted by Gasteiger charge is -2.38. The zero-order valence-electron chi connectivity index (χ0n) is 32.5. The zero-order valence-corrected chi connectivity index (χ0v) is 32.5. The Morgan fingerprint density at radius 3 is 1.67 bits per heavy atom. The Hall–Kier alpha value is -6.74. The molecule has 0 unspecified atom stereocenters. The van der Waals surface area contributed by atoms with Crippen molar-refractivity contribution in [3.63, 3.8) is 0 Å². The van der Waals surface area contributed by atoms with Crippen molar-refractivity contribution >= 4 is 17.9 Å². The number of nitrogens with zero attached hydrogens (tertiary/aromatic N) is 4. The van der Waals surface area contributed by atoms with Crippen LogP contribution in [0.25, 0.3) is 33.6 Å². The third kappa shape index (κ3) is 7.52. The molecule has 4 heterocycles. The average Bonchev–Trinajstić information content (AvgIpc) is 4.11. The van der Waals surface area contributed by atoms with Gasteiger partial charge in [-0.1, -0.05) is 109 Å². The van der Waals surface area contributed by atoms with Gasteiger partial charge in [-0.2, -0.15) is 13.2 Å². The Morgan fingerprint density at radius 2 is 1.18 bits per heavy atom. The molecule has 0 saturated carbocycles. The zero-order chi connectivity index (χ0) is 42.0. The summed E-state index contributed by atoms with van der Waals surface area (Å²) in [6, 6.07) is 29.5. The molecule has 3 amide bonds. The summed E-state index contributed by atoms with van der Waals surface area (Å²) in [5.74, 6) is -0.480. The number of hydrogen-bond acceptors (Lipinski definition) is 6. The number of nitrogens with one attached hydrogen (secondary N) is 3. The van der Waals surface area contributed by atoms with E-state index in [9.17, 15) is 32.7 Å². The number of ether oxygens (including phenoxy) is 1. The summed E-state index contributed by atoms with van der Waals surface area (Å²) in [4.78, 5) is 57.9. The number of alkyl halides is 3. The number of aromatic amines is 2. The smallest absolute Gasteiger partial charge is 0.430 e. The Morgan fingerprint density at radius 1 is 0.717 bits per heavy atom. The van der Waals surface area contributed by atoms with Crippen molar-refractivity contribution in [3.8, 4) is 33.6 Å². The second-order valence-electron chi connectivity index (χ2n) is 14.9. The first-order valence-electron chi connectivity index (χ1n) is 19.6. The number of methoxy groups -OCH3 is 1. The maximum Gasteiger partial charge on any atom is 0.430 e. The van der Waals surface area contributed by atoms with Crippen molar-refractivity contribution in [2.24, 2.45) is 0 Å². The van der Waals surface area contributed by atoms with Crippen LogP contribution in [-0.4, -0.2) is 79.1 Å². The summed E-state index contributed by atoms with van der Waals surface area (Å²) in [6.45, 7) is 0.613. The van der Waals surface area contributed by atoms with E-state index in [4.69, 9.17) is 4.74 Å². The first-order valence-corrected chi connectivity index (χ1v) is 19.6. The van der Waals surface area contributed by atoms with Crippen molar-refractivity contribution in [3.05, 3.63) is 144 Å². The van der Waals surface area contributed by atoms with Crippen LogP contribution in [0.5, 0.6) is 0 Å². The second-order valence-corrected chi connectivity index (χ2v) is 14.9. The molecule has 0 aliphatic carbocycles. The maximum absolute atomic E-state index is 14.7. The van der Waals surface area contributed by atoms with E-state index < -0.39 is 35.9 Å². The molecule has 2 aromatic heterocycles. The molecule has 2 fully saturated rings. The van der Waals surface area contributed by atoms with Crippen molar-refractivity contribution < 1.29 is 37.4 Å². The predicted octanol–water partition coefficient (Wildman–Crippen LogP) is 8.57. The van der Waals surface area contributed by atoms with E-state index in [1.807, 2.05) is 54.6 Å². The number of hydrogen-bond donors (Lipinski definition) is 4. The number of rotatable bonds is 11. The monoisotopic (exact) mass is 817 g/mol. The van der Waals surface area contributed by atoms with Crippen molar-refractivity contribution in [1.29, 1.82) is 0 Å². The molecule has 0 bridgehead atoms. The van der Waals surface area contributed by atoms with E-state index in [0.717, 1.165) is 41.5 Å². The highest BCUT2D eigenvalue weighted by Gasteiger charge is 2.64. The molecule has 2 saturated heterocycles. The lowest BCUT2D eigenvalue weighted by molar-refractivity contribution is -0.270. The summed E-state index contributed by atoms with van der Waals surface area (Å²) in [5.41, 5.74) is 2.19.